The maximum absolute atomic E-state index is 11.7. The summed E-state index contributed by atoms with van der Waals surface area (Å²) in [5.74, 6) is 0.0678. The van der Waals surface area contributed by atoms with Crippen LogP contribution in [0.15, 0.2) is 30.3 Å². The van der Waals surface area contributed by atoms with Crippen LogP contribution in [-0.2, 0) is 4.74 Å². The van der Waals surface area contributed by atoms with E-state index in [4.69, 9.17) is 4.74 Å². The number of rotatable bonds is 3. The number of aromatic amines is 1. The van der Waals surface area contributed by atoms with Gasteiger partial charge >= 0.3 is 5.97 Å². The zero-order chi connectivity index (χ0) is 11.5. The molecule has 84 valence electrons. The second-order valence-corrected chi connectivity index (χ2v) is 4.26. The Hall–Kier alpha value is -1.77. The van der Waals surface area contributed by atoms with Gasteiger partial charge in [0.25, 0.3) is 0 Å². The van der Waals surface area contributed by atoms with Crippen molar-refractivity contribution < 1.29 is 9.53 Å². The SMILES string of the molecule is CC(C)COC(=O)c1cc2ccccc2[nH]1. The molecule has 0 saturated heterocycles. The van der Waals surface area contributed by atoms with Gasteiger partial charge in [0.15, 0.2) is 0 Å². The van der Waals surface area contributed by atoms with Gasteiger partial charge in [-0.3, -0.25) is 0 Å². The number of hydrogen-bond donors (Lipinski definition) is 1. The standard InChI is InChI=1S/C13H15NO2/c1-9(2)8-16-13(15)12-7-10-5-3-4-6-11(10)14-12/h3-7,9,14H,8H2,1-2H3. The summed E-state index contributed by atoms with van der Waals surface area (Å²) in [6.45, 7) is 4.48. The Morgan fingerprint density at radius 2 is 2.12 bits per heavy atom. The third-order valence-electron chi connectivity index (χ3n) is 2.30. The highest BCUT2D eigenvalue weighted by molar-refractivity contribution is 5.94. The summed E-state index contributed by atoms with van der Waals surface area (Å²) in [6, 6.07) is 9.60. The molecule has 0 bridgehead atoms. The van der Waals surface area contributed by atoms with Crippen LogP contribution in [0.1, 0.15) is 24.3 Å². The van der Waals surface area contributed by atoms with Crippen molar-refractivity contribution in [2.24, 2.45) is 5.92 Å². The lowest BCUT2D eigenvalue weighted by Gasteiger charge is -2.05. The minimum atomic E-state index is -0.287. The van der Waals surface area contributed by atoms with Crippen molar-refractivity contribution in [2.45, 2.75) is 13.8 Å². The van der Waals surface area contributed by atoms with Gasteiger partial charge in [0.1, 0.15) is 5.69 Å². The first-order valence-electron chi connectivity index (χ1n) is 5.41. The number of esters is 1. The minimum Gasteiger partial charge on any atom is -0.461 e. The second-order valence-electron chi connectivity index (χ2n) is 4.26. The smallest absolute Gasteiger partial charge is 0.354 e. The van der Waals surface area contributed by atoms with Crippen molar-refractivity contribution in [3.63, 3.8) is 0 Å². The Balaban J connectivity index is 2.17. The van der Waals surface area contributed by atoms with E-state index in [1.165, 1.54) is 0 Å². The van der Waals surface area contributed by atoms with Gasteiger partial charge in [0, 0.05) is 10.9 Å². The molecule has 3 heteroatoms. The normalized spacial score (nSPS) is 10.9. The van der Waals surface area contributed by atoms with E-state index < -0.39 is 0 Å². The summed E-state index contributed by atoms with van der Waals surface area (Å²) in [5.41, 5.74) is 1.47. The van der Waals surface area contributed by atoms with Crippen molar-refractivity contribution in [3.8, 4) is 0 Å². The molecule has 1 aromatic heterocycles. The van der Waals surface area contributed by atoms with Gasteiger partial charge in [-0.2, -0.15) is 0 Å². The number of benzene rings is 1. The summed E-state index contributed by atoms with van der Waals surface area (Å²) in [4.78, 5) is 14.7. The summed E-state index contributed by atoms with van der Waals surface area (Å²) in [6.07, 6.45) is 0. The van der Waals surface area contributed by atoms with Crippen LogP contribution in [-0.4, -0.2) is 17.6 Å². The Bertz CT molecular complexity index is 466. The Morgan fingerprint density at radius 3 is 2.81 bits per heavy atom. The molecule has 0 aliphatic rings. The summed E-state index contributed by atoms with van der Waals surface area (Å²) in [7, 11) is 0. The summed E-state index contributed by atoms with van der Waals surface area (Å²) in [5, 5.41) is 1.03. The van der Waals surface area contributed by atoms with Gasteiger partial charge in [-0.05, 0) is 18.1 Å². The predicted molar refractivity (Wildman–Crippen MR) is 63.4 cm³/mol. The topological polar surface area (TPSA) is 42.1 Å². The van der Waals surface area contributed by atoms with Gasteiger partial charge in [0.2, 0.25) is 0 Å². The number of para-hydroxylation sites is 1. The van der Waals surface area contributed by atoms with Crippen molar-refractivity contribution in [2.75, 3.05) is 6.61 Å². The van der Waals surface area contributed by atoms with E-state index in [9.17, 15) is 4.79 Å². The molecule has 0 amide bonds. The molecule has 0 spiro atoms. The Kier molecular flexibility index (Phi) is 2.95. The number of fused-ring (bicyclic) bond motifs is 1. The highest BCUT2D eigenvalue weighted by atomic mass is 16.5. The minimum absolute atomic E-state index is 0.287. The first-order chi connectivity index (χ1) is 7.66. The lowest BCUT2D eigenvalue weighted by atomic mass is 10.2. The van der Waals surface area contributed by atoms with Crippen molar-refractivity contribution in [1.82, 2.24) is 4.98 Å². The van der Waals surface area contributed by atoms with E-state index in [0.29, 0.717) is 18.2 Å². The first kappa shape index (κ1) is 10.7. The maximum Gasteiger partial charge on any atom is 0.354 e. The van der Waals surface area contributed by atoms with E-state index in [2.05, 4.69) is 4.98 Å². The molecule has 3 nitrogen and oxygen atoms in total. The molecule has 2 aromatic rings. The highest BCUT2D eigenvalue weighted by Crippen LogP contribution is 2.15. The van der Waals surface area contributed by atoms with Crippen LogP contribution in [0, 0.1) is 5.92 Å². The molecule has 1 N–H and O–H groups in total. The molecule has 0 aliphatic heterocycles. The molecule has 0 fully saturated rings. The molecule has 0 saturated carbocycles. The van der Waals surface area contributed by atoms with Gasteiger partial charge in [-0.25, -0.2) is 4.79 Å². The molecular weight excluding hydrogens is 202 g/mol. The van der Waals surface area contributed by atoms with Gasteiger partial charge < -0.3 is 9.72 Å². The average Bonchev–Trinajstić information content (AvgIpc) is 2.69. The number of hydrogen-bond acceptors (Lipinski definition) is 2. The zero-order valence-corrected chi connectivity index (χ0v) is 9.49. The second kappa shape index (κ2) is 4.39. The Morgan fingerprint density at radius 1 is 1.38 bits per heavy atom. The molecular formula is C13H15NO2. The Labute approximate surface area is 94.4 Å². The molecule has 2 rings (SSSR count). The predicted octanol–water partition coefficient (Wildman–Crippen LogP) is 2.98. The van der Waals surface area contributed by atoms with Crippen LogP contribution in [0.5, 0.6) is 0 Å². The molecule has 1 heterocycles. The number of nitrogens with one attached hydrogen (secondary N) is 1. The van der Waals surface area contributed by atoms with Crippen LogP contribution in [0.2, 0.25) is 0 Å². The van der Waals surface area contributed by atoms with Crippen LogP contribution in [0.25, 0.3) is 10.9 Å². The molecule has 0 unspecified atom stereocenters. The van der Waals surface area contributed by atoms with Crippen LogP contribution >= 0.6 is 0 Å². The summed E-state index contributed by atoms with van der Waals surface area (Å²) >= 11 is 0. The van der Waals surface area contributed by atoms with Crippen molar-refractivity contribution >= 4 is 16.9 Å². The number of H-pyrrole nitrogens is 1. The molecule has 0 atom stereocenters. The monoisotopic (exact) mass is 217 g/mol. The fourth-order valence-electron chi connectivity index (χ4n) is 1.50. The number of ether oxygens (including phenoxy) is 1. The zero-order valence-electron chi connectivity index (χ0n) is 9.49. The van der Waals surface area contributed by atoms with Gasteiger partial charge in [-0.1, -0.05) is 32.0 Å². The molecule has 0 aliphatic carbocycles. The highest BCUT2D eigenvalue weighted by Gasteiger charge is 2.10. The number of aromatic nitrogens is 1. The quantitative estimate of drug-likeness (QED) is 0.803. The molecule has 0 radical (unpaired) electrons. The van der Waals surface area contributed by atoms with Crippen LogP contribution in [0.4, 0.5) is 0 Å². The largest absolute Gasteiger partial charge is 0.461 e. The van der Waals surface area contributed by atoms with Crippen molar-refractivity contribution in [3.05, 3.63) is 36.0 Å². The third kappa shape index (κ3) is 2.24. The maximum atomic E-state index is 11.7. The van der Waals surface area contributed by atoms with Crippen LogP contribution in [0.3, 0.4) is 0 Å². The number of carbonyl (C=O) groups is 1. The van der Waals surface area contributed by atoms with E-state index in [1.807, 2.05) is 44.2 Å². The van der Waals surface area contributed by atoms with E-state index in [-0.39, 0.29) is 5.97 Å². The van der Waals surface area contributed by atoms with Gasteiger partial charge in [0.05, 0.1) is 6.61 Å². The lowest BCUT2D eigenvalue weighted by molar-refractivity contribution is 0.0453. The fraction of sp³-hybridized carbons (Fsp3) is 0.308. The number of carbonyl (C=O) groups excluding carboxylic acids is 1. The molecule has 16 heavy (non-hydrogen) atoms. The van der Waals surface area contributed by atoms with E-state index >= 15 is 0 Å². The molecule has 1 aromatic carbocycles. The van der Waals surface area contributed by atoms with Crippen molar-refractivity contribution in [1.29, 1.82) is 0 Å². The average molecular weight is 217 g/mol. The van der Waals surface area contributed by atoms with E-state index in [0.717, 1.165) is 10.9 Å². The van der Waals surface area contributed by atoms with Gasteiger partial charge in [-0.15, -0.1) is 0 Å². The van der Waals surface area contributed by atoms with Crippen LogP contribution < -0.4 is 0 Å². The summed E-state index contributed by atoms with van der Waals surface area (Å²) < 4.78 is 5.15. The third-order valence-corrected chi connectivity index (χ3v) is 2.30. The first-order valence-corrected chi connectivity index (χ1v) is 5.41. The lowest BCUT2D eigenvalue weighted by Crippen LogP contribution is -2.10. The fourth-order valence-corrected chi connectivity index (χ4v) is 1.50. The van der Waals surface area contributed by atoms with E-state index in [1.54, 1.807) is 0 Å².